The van der Waals surface area contributed by atoms with Gasteiger partial charge in [0.1, 0.15) is 5.82 Å². The minimum atomic E-state index is 0.819. The van der Waals surface area contributed by atoms with E-state index in [4.69, 9.17) is 4.98 Å². The molecule has 0 aliphatic carbocycles. The second-order valence-corrected chi connectivity index (χ2v) is 4.60. The molecule has 14 heavy (non-hydrogen) atoms. The van der Waals surface area contributed by atoms with Crippen molar-refractivity contribution in [3.63, 3.8) is 0 Å². The van der Waals surface area contributed by atoms with Crippen LogP contribution in [0.3, 0.4) is 0 Å². The lowest BCUT2D eigenvalue weighted by Gasteiger charge is -2.22. The average Bonchev–Trinajstić information content (AvgIpc) is 2.54. The van der Waals surface area contributed by atoms with Crippen molar-refractivity contribution in [2.75, 3.05) is 6.54 Å². The van der Waals surface area contributed by atoms with E-state index in [1.165, 1.54) is 36.6 Å². The van der Waals surface area contributed by atoms with Gasteiger partial charge in [0.25, 0.3) is 0 Å². The Morgan fingerprint density at radius 2 is 2.43 bits per heavy atom. The molecule has 0 saturated carbocycles. The molecule has 1 atom stereocenters. The van der Waals surface area contributed by atoms with E-state index in [-0.39, 0.29) is 0 Å². The third-order valence-electron chi connectivity index (χ3n) is 3.44. The maximum atomic E-state index is 4.74. The highest BCUT2D eigenvalue weighted by Gasteiger charge is 2.23. The van der Waals surface area contributed by atoms with Gasteiger partial charge in [-0.1, -0.05) is 6.92 Å². The smallest absolute Gasteiger partial charge is 0.109 e. The van der Waals surface area contributed by atoms with Gasteiger partial charge in [-0.05, 0) is 12.3 Å². The van der Waals surface area contributed by atoms with E-state index < -0.39 is 0 Å². The number of imidazole rings is 1. The second kappa shape index (κ2) is 3.09. The Morgan fingerprint density at radius 3 is 3.36 bits per heavy atom. The summed E-state index contributed by atoms with van der Waals surface area (Å²) in [6.07, 6.45) is 3.66. The average molecular weight is 191 g/mol. The van der Waals surface area contributed by atoms with Crippen molar-refractivity contribution in [1.29, 1.82) is 0 Å². The highest BCUT2D eigenvalue weighted by molar-refractivity contribution is 5.21. The van der Waals surface area contributed by atoms with Crippen LogP contribution in [0.15, 0.2) is 0 Å². The minimum Gasteiger partial charge on any atom is -0.332 e. The summed E-state index contributed by atoms with van der Waals surface area (Å²) in [7, 11) is 0. The van der Waals surface area contributed by atoms with Gasteiger partial charge in [0.15, 0.2) is 0 Å². The first-order chi connectivity index (χ1) is 6.84. The first-order valence-corrected chi connectivity index (χ1v) is 5.62. The molecule has 3 heterocycles. The summed E-state index contributed by atoms with van der Waals surface area (Å²) in [5.74, 6) is 2.15. The Bertz CT molecular complexity index is 354. The molecule has 2 aliphatic heterocycles. The molecule has 1 N–H and O–H groups in total. The van der Waals surface area contributed by atoms with Gasteiger partial charge in [-0.3, -0.25) is 0 Å². The van der Waals surface area contributed by atoms with Gasteiger partial charge in [0.05, 0.1) is 5.69 Å². The van der Waals surface area contributed by atoms with Crippen LogP contribution < -0.4 is 5.32 Å². The number of aromatic nitrogens is 2. The van der Waals surface area contributed by atoms with E-state index >= 15 is 0 Å². The molecule has 0 amide bonds. The number of nitrogens with zero attached hydrogens (tertiary/aromatic N) is 2. The van der Waals surface area contributed by atoms with Crippen molar-refractivity contribution >= 4 is 0 Å². The molecule has 76 valence electrons. The number of hydrogen-bond acceptors (Lipinski definition) is 2. The van der Waals surface area contributed by atoms with E-state index in [2.05, 4.69) is 16.8 Å². The van der Waals surface area contributed by atoms with Crippen molar-refractivity contribution in [1.82, 2.24) is 14.9 Å². The van der Waals surface area contributed by atoms with Crippen LogP contribution in [0.1, 0.15) is 30.6 Å². The molecule has 0 bridgehead atoms. The molecule has 1 aromatic heterocycles. The molecule has 3 nitrogen and oxygen atoms in total. The zero-order valence-electron chi connectivity index (χ0n) is 8.71. The van der Waals surface area contributed by atoms with Gasteiger partial charge >= 0.3 is 0 Å². The van der Waals surface area contributed by atoms with Crippen LogP contribution in [0.2, 0.25) is 0 Å². The molecule has 0 saturated heterocycles. The van der Waals surface area contributed by atoms with Crippen molar-refractivity contribution in [2.45, 2.75) is 39.3 Å². The lowest BCUT2D eigenvalue weighted by Crippen LogP contribution is -2.26. The first kappa shape index (κ1) is 8.48. The molecule has 3 rings (SSSR count). The summed E-state index contributed by atoms with van der Waals surface area (Å²) >= 11 is 0. The Hall–Kier alpha value is -0.830. The van der Waals surface area contributed by atoms with Gasteiger partial charge in [-0.25, -0.2) is 4.98 Å². The predicted octanol–water partition coefficient (Wildman–Crippen LogP) is 1.11. The minimum absolute atomic E-state index is 0.819. The van der Waals surface area contributed by atoms with Gasteiger partial charge in [0.2, 0.25) is 0 Å². The van der Waals surface area contributed by atoms with Crippen LogP contribution in [0, 0.1) is 5.92 Å². The van der Waals surface area contributed by atoms with Crippen molar-refractivity contribution in [3.8, 4) is 0 Å². The lowest BCUT2D eigenvalue weighted by atomic mass is 10.0. The first-order valence-electron chi connectivity index (χ1n) is 5.62. The molecule has 0 radical (unpaired) electrons. The fraction of sp³-hybridized carbons (Fsp3) is 0.727. The van der Waals surface area contributed by atoms with E-state index in [1.807, 2.05) is 0 Å². The molecule has 1 unspecified atom stereocenters. The molecular weight excluding hydrogens is 174 g/mol. The predicted molar refractivity (Wildman–Crippen MR) is 55.1 cm³/mol. The zero-order valence-corrected chi connectivity index (χ0v) is 8.71. The van der Waals surface area contributed by atoms with Crippen LogP contribution in [-0.4, -0.2) is 16.1 Å². The molecular formula is C11H17N3. The van der Waals surface area contributed by atoms with Crippen molar-refractivity contribution in [3.05, 3.63) is 17.2 Å². The summed E-state index contributed by atoms with van der Waals surface area (Å²) in [6.45, 7) is 5.62. The largest absolute Gasteiger partial charge is 0.332 e. The molecule has 0 spiro atoms. The standard InChI is InChI=1S/C11H17N3/c1-8-3-5-14-10-2-4-12-7-9(10)13-11(14)6-8/h8,12H,2-7H2,1H3. The fourth-order valence-electron chi connectivity index (χ4n) is 2.61. The number of fused-ring (bicyclic) bond motifs is 3. The quantitative estimate of drug-likeness (QED) is 0.666. The van der Waals surface area contributed by atoms with Crippen LogP contribution >= 0.6 is 0 Å². The molecule has 1 aromatic rings. The van der Waals surface area contributed by atoms with E-state index in [0.717, 1.165) is 25.4 Å². The van der Waals surface area contributed by atoms with Gasteiger partial charge < -0.3 is 9.88 Å². The second-order valence-electron chi connectivity index (χ2n) is 4.60. The van der Waals surface area contributed by atoms with Crippen molar-refractivity contribution < 1.29 is 0 Å². The topological polar surface area (TPSA) is 29.9 Å². The summed E-state index contributed by atoms with van der Waals surface area (Å²) in [6, 6.07) is 0. The van der Waals surface area contributed by atoms with Crippen LogP contribution in [0.5, 0.6) is 0 Å². The maximum Gasteiger partial charge on any atom is 0.109 e. The Kier molecular flexibility index (Phi) is 1.87. The maximum absolute atomic E-state index is 4.74. The Morgan fingerprint density at radius 1 is 1.50 bits per heavy atom. The lowest BCUT2D eigenvalue weighted by molar-refractivity contribution is 0.401. The molecule has 3 heteroatoms. The normalized spacial score (nSPS) is 25.6. The van der Waals surface area contributed by atoms with Gasteiger partial charge in [-0.2, -0.15) is 0 Å². The monoisotopic (exact) mass is 191 g/mol. The zero-order chi connectivity index (χ0) is 9.54. The Balaban J connectivity index is 2.04. The van der Waals surface area contributed by atoms with E-state index in [9.17, 15) is 0 Å². The third-order valence-corrected chi connectivity index (χ3v) is 3.44. The van der Waals surface area contributed by atoms with Crippen LogP contribution in [0.4, 0.5) is 0 Å². The number of rotatable bonds is 0. The fourth-order valence-corrected chi connectivity index (χ4v) is 2.61. The Labute approximate surface area is 84.5 Å². The van der Waals surface area contributed by atoms with Gasteiger partial charge in [-0.15, -0.1) is 0 Å². The van der Waals surface area contributed by atoms with Crippen LogP contribution in [-0.2, 0) is 25.9 Å². The third kappa shape index (κ3) is 1.19. The van der Waals surface area contributed by atoms with Crippen LogP contribution in [0.25, 0.3) is 0 Å². The molecule has 2 aliphatic rings. The molecule has 0 fully saturated rings. The van der Waals surface area contributed by atoms with E-state index in [1.54, 1.807) is 0 Å². The summed E-state index contributed by atoms with van der Waals surface area (Å²) < 4.78 is 2.47. The van der Waals surface area contributed by atoms with Gasteiger partial charge in [0, 0.05) is 38.2 Å². The highest BCUT2D eigenvalue weighted by atomic mass is 15.1. The number of nitrogens with one attached hydrogen (secondary N) is 1. The number of hydrogen-bond donors (Lipinski definition) is 1. The highest BCUT2D eigenvalue weighted by Crippen LogP contribution is 2.24. The van der Waals surface area contributed by atoms with E-state index in [0.29, 0.717) is 0 Å². The molecule has 0 aromatic carbocycles. The van der Waals surface area contributed by atoms with Crippen molar-refractivity contribution in [2.24, 2.45) is 5.92 Å². The summed E-state index contributed by atoms with van der Waals surface area (Å²) in [5.41, 5.74) is 2.81. The SMILES string of the molecule is CC1CCn2c(nc3c2CCNC3)C1. The summed E-state index contributed by atoms with van der Waals surface area (Å²) in [4.78, 5) is 4.74. The summed E-state index contributed by atoms with van der Waals surface area (Å²) in [5, 5.41) is 3.39.